The van der Waals surface area contributed by atoms with Gasteiger partial charge in [0.15, 0.2) is 0 Å². The summed E-state index contributed by atoms with van der Waals surface area (Å²) in [5.41, 5.74) is 3.44. The van der Waals surface area contributed by atoms with Crippen LogP contribution in [0.15, 0.2) is 55.1 Å². The SMILES string of the molecule is Cc1cc(Cl)ccc1Nc1ncc(C(=O)N(C)CCc2ccncc2)cn1. The van der Waals surface area contributed by atoms with Crippen molar-refractivity contribution in [2.45, 2.75) is 13.3 Å². The number of likely N-dealkylation sites (N-methyl/N-ethyl adjacent to an activating group) is 1. The Kier molecular flexibility index (Phi) is 5.98. The number of rotatable bonds is 6. The number of nitrogens with zero attached hydrogens (tertiary/aromatic N) is 4. The summed E-state index contributed by atoms with van der Waals surface area (Å²) < 4.78 is 0. The average Bonchev–Trinajstić information content (AvgIpc) is 2.69. The summed E-state index contributed by atoms with van der Waals surface area (Å²) in [5, 5.41) is 3.81. The average molecular weight is 382 g/mol. The number of anilines is 2. The topological polar surface area (TPSA) is 71.0 Å². The highest BCUT2D eigenvalue weighted by Gasteiger charge is 2.13. The zero-order valence-electron chi connectivity index (χ0n) is 15.2. The number of aromatic nitrogens is 3. The van der Waals surface area contributed by atoms with Crippen LogP contribution in [-0.4, -0.2) is 39.4 Å². The zero-order valence-corrected chi connectivity index (χ0v) is 15.9. The van der Waals surface area contributed by atoms with E-state index in [9.17, 15) is 4.79 Å². The first-order valence-electron chi connectivity index (χ1n) is 8.52. The van der Waals surface area contributed by atoms with Crippen LogP contribution in [0.3, 0.4) is 0 Å². The molecule has 0 saturated carbocycles. The summed E-state index contributed by atoms with van der Waals surface area (Å²) in [6, 6.07) is 9.42. The highest BCUT2D eigenvalue weighted by molar-refractivity contribution is 6.30. The van der Waals surface area contributed by atoms with E-state index in [1.54, 1.807) is 30.4 Å². The Hall–Kier alpha value is -2.99. The maximum Gasteiger partial charge on any atom is 0.256 e. The Bertz CT molecular complexity index is 915. The van der Waals surface area contributed by atoms with E-state index in [0.717, 1.165) is 23.2 Å². The van der Waals surface area contributed by atoms with Crippen molar-refractivity contribution >= 4 is 29.1 Å². The van der Waals surface area contributed by atoms with E-state index >= 15 is 0 Å². The maximum absolute atomic E-state index is 12.5. The summed E-state index contributed by atoms with van der Waals surface area (Å²) in [7, 11) is 1.77. The summed E-state index contributed by atoms with van der Waals surface area (Å²) in [6.07, 6.45) is 7.33. The Morgan fingerprint density at radius 3 is 2.52 bits per heavy atom. The van der Waals surface area contributed by atoms with Crippen LogP contribution in [0.25, 0.3) is 0 Å². The predicted octanol–water partition coefficient (Wildman–Crippen LogP) is 3.89. The molecule has 1 amide bonds. The molecule has 0 unspecified atom stereocenters. The number of carbonyl (C=O) groups is 1. The molecule has 1 N–H and O–H groups in total. The third-order valence-electron chi connectivity index (χ3n) is 4.17. The fraction of sp³-hybridized carbons (Fsp3) is 0.200. The van der Waals surface area contributed by atoms with E-state index in [0.29, 0.717) is 23.1 Å². The van der Waals surface area contributed by atoms with Gasteiger partial charge in [-0.25, -0.2) is 9.97 Å². The van der Waals surface area contributed by atoms with E-state index in [1.165, 1.54) is 12.4 Å². The van der Waals surface area contributed by atoms with Crippen LogP contribution in [0.5, 0.6) is 0 Å². The molecule has 0 atom stereocenters. The lowest BCUT2D eigenvalue weighted by Crippen LogP contribution is -2.29. The van der Waals surface area contributed by atoms with Gasteiger partial charge in [0.1, 0.15) is 0 Å². The number of nitrogens with one attached hydrogen (secondary N) is 1. The largest absolute Gasteiger partial charge is 0.341 e. The molecular formula is C20H20ClN5O. The summed E-state index contributed by atoms with van der Waals surface area (Å²) in [6.45, 7) is 2.55. The minimum Gasteiger partial charge on any atom is -0.341 e. The fourth-order valence-electron chi connectivity index (χ4n) is 2.56. The molecule has 27 heavy (non-hydrogen) atoms. The van der Waals surface area contributed by atoms with Gasteiger partial charge in [-0.15, -0.1) is 0 Å². The molecule has 0 saturated heterocycles. The molecule has 0 bridgehead atoms. The highest BCUT2D eigenvalue weighted by atomic mass is 35.5. The monoisotopic (exact) mass is 381 g/mol. The number of carbonyl (C=O) groups excluding carboxylic acids is 1. The number of aryl methyl sites for hydroxylation is 1. The van der Waals surface area contributed by atoms with E-state index < -0.39 is 0 Å². The van der Waals surface area contributed by atoms with Crippen molar-refractivity contribution in [3.63, 3.8) is 0 Å². The molecule has 2 heterocycles. The van der Waals surface area contributed by atoms with Crippen LogP contribution < -0.4 is 5.32 Å². The van der Waals surface area contributed by atoms with Gasteiger partial charge in [0.2, 0.25) is 5.95 Å². The molecule has 6 nitrogen and oxygen atoms in total. The third-order valence-corrected chi connectivity index (χ3v) is 4.40. The molecular weight excluding hydrogens is 362 g/mol. The van der Waals surface area contributed by atoms with Crippen LogP contribution in [0.1, 0.15) is 21.5 Å². The quantitative estimate of drug-likeness (QED) is 0.701. The molecule has 0 radical (unpaired) electrons. The van der Waals surface area contributed by atoms with Crippen LogP contribution in [0.2, 0.25) is 5.02 Å². The molecule has 138 valence electrons. The lowest BCUT2D eigenvalue weighted by molar-refractivity contribution is 0.0796. The van der Waals surface area contributed by atoms with Crippen molar-refractivity contribution in [3.8, 4) is 0 Å². The van der Waals surface area contributed by atoms with Crippen LogP contribution >= 0.6 is 11.6 Å². The van der Waals surface area contributed by atoms with Crippen LogP contribution in [0, 0.1) is 6.92 Å². The van der Waals surface area contributed by atoms with E-state index in [4.69, 9.17) is 11.6 Å². The van der Waals surface area contributed by atoms with Crippen molar-refractivity contribution in [2.24, 2.45) is 0 Å². The lowest BCUT2D eigenvalue weighted by Gasteiger charge is -2.17. The molecule has 0 fully saturated rings. The number of hydrogen-bond acceptors (Lipinski definition) is 5. The summed E-state index contributed by atoms with van der Waals surface area (Å²) in [5.74, 6) is 0.315. The van der Waals surface area contributed by atoms with Crippen LogP contribution in [-0.2, 0) is 6.42 Å². The smallest absolute Gasteiger partial charge is 0.256 e. The summed E-state index contributed by atoms with van der Waals surface area (Å²) >= 11 is 5.97. The van der Waals surface area contributed by atoms with Gasteiger partial charge < -0.3 is 10.2 Å². The number of benzene rings is 1. The first-order valence-corrected chi connectivity index (χ1v) is 8.90. The van der Waals surface area contributed by atoms with Gasteiger partial charge in [0.25, 0.3) is 5.91 Å². The number of pyridine rings is 1. The third kappa shape index (κ3) is 5.01. The molecule has 1 aromatic carbocycles. The predicted molar refractivity (Wildman–Crippen MR) is 106 cm³/mol. The van der Waals surface area contributed by atoms with Crippen molar-refractivity contribution in [2.75, 3.05) is 18.9 Å². The van der Waals surface area contributed by atoms with Gasteiger partial charge in [0.05, 0.1) is 5.56 Å². The van der Waals surface area contributed by atoms with E-state index in [2.05, 4.69) is 20.3 Å². The Morgan fingerprint density at radius 1 is 1.15 bits per heavy atom. The fourth-order valence-corrected chi connectivity index (χ4v) is 2.79. The molecule has 2 aromatic heterocycles. The summed E-state index contributed by atoms with van der Waals surface area (Å²) in [4.78, 5) is 26.7. The van der Waals surface area contributed by atoms with Crippen molar-refractivity contribution in [1.29, 1.82) is 0 Å². The van der Waals surface area contributed by atoms with Gasteiger partial charge in [-0.1, -0.05) is 11.6 Å². The Labute approximate surface area is 163 Å². The zero-order chi connectivity index (χ0) is 19.2. The maximum atomic E-state index is 12.5. The van der Waals surface area contributed by atoms with E-state index in [1.807, 2.05) is 31.2 Å². The molecule has 0 aliphatic rings. The molecule has 7 heteroatoms. The van der Waals surface area contributed by atoms with Gasteiger partial charge >= 0.3 is 0 Å². The second-order valence-corrected chi connectivity index (χ2v) is 6.65. The molecule has 0 aliphatic carbocycles. The van der Waals surface area contributed by atoms with Crippen molar-refractivity contribution in [1.82, 2.24) is 19.9 Å². The minimum absolute atomic E-state index is 0.113. The van der Waals surface area contributed by atoms with Crippen LogP contribution in [0.4, 0.5) is 11.6 Å². The van der Waals surface area contributed by atoms with Gasteiger partial charge in [-0.2, -0.15) is 0 Å². The Morgan fingerprint density at radius 2 is 1.85 bits per heavy atom. The van der Waals surface area contributed by atoms with Crippen molar-refractivity contribution < 1.29 is 4.79 Å². The number of amides is 1. The van der Waals surface area contributed by atoms with Gasteiger partial charge in [-0.05, 0) is 54.8 Å². The first-order chi connectivity index (χ1) is 13.0. The lowest BCUT2D eigenvalue weighted by atomic mass is 10.2. The molecule has 0 spiro atoms. The Balaban J connectivity index is 1.61. The number of halogens is 1. The first kappa shape index (κ1) is 18.8. The van der Waals surface area contributed by atoms with Crippen molar-refractivity contribution in [3.05, 3.63) is 76.8 Å². The second kappa shape index (κ2) is 8.60. The second-order valence-electron chi connectivity index (χ2n) is 6.21. The number of hydrogen-bond donors (Lipinski definition) is 1. The normalized spacial score (nSPS) is 10.5. The molecule has 0 aliphatic heterocycles. The van der Waals surface area contributed by atoms with E-state index in [-0.39, 0.29) is 5.91 Å². The molecule has 3 aromatic rings. The molecule has 3 rings (SSSR count). The van der Waals surface area contributed by atoms with Gasteiger partial charge in [-0.3, -0.25) is 9.78 Å². The highest BCUT2D eigenvalue weighted by Crippen LogP contribution is 2.21. The standard InChI is InChI=1S/C20H20ClN5O/c1-14-11-17(21)3-4-18(14)25-20-23-12-16(13-24-20)19(27)26(2)10-7-15-5-8-22-9-6-15/h3-6,8-9,11-13H,7,10H2,1-2H3,(H,23,24,25). The van der Waals surface area contributed by atoms with Gasteiger partial charge in [0, 0.05) is 49.1 Å². The minimum atomic E-state index is -0.113.